The second kappa shape index (κ2) is 11.3. The Morgan fingerprint density at radius 2 is 1.74 bits per heavy atom. The summed E-state index contributed by atoms with van der Waals surface area (Å²) in [5.74, 6) is 2.30. The van der Waals surface area contributed by atoms with Gasteiger partial charge in [-0.3, -0.25) is 4.79 Å². The van der Waals surface area contributed by atoms with Crippen molar-refractivity contribution in [1.29, 1.82) is 0 Å². The molecule has 0 unspecified atom stereocenters. The molecule has 0 radical (unpaired) electrons. The van der Waals surface area contributed by atoms with E-state index >= 15 is 0 Å². The maximum atomic E-state index is 12.7. The minimum absolute atomic E-state index is 0.0167. The highest BCUT2D eigenvalue weighted by Gasteiger charge is 2.21. The summed E-state index contributed by atoms with van der Waals surface area (Å²) in [7, 11) is 1.62. The van der Waals surface area contributed by atoms with E-state index in [0.717, 1.165) is 42.3 Å². The molecule has 31 heavy (non-hydrogen) atoms. The molecule has 0 aliphatic carbocycles. The normalized spacial score (nSPS) is 14.0. The van der Waals surface area contributed by atoms with Crippen molar-refractivity contribution in [1.82, 2.24) is 4.90 Å². The van der Waals surface area contributed by atoms with E-state index in [2.05, 4.69) is 17.9 Å². The van der Waals surface area contributed by atoms with Gasteiger partial charge in [-0.05, 0) is 49.2 Å². The molecule has 0 atom stereocenters. The third kappa shape index (κ3) is 5.94. The molecule has 2 aromatic carbocycles. The second-order valence-corrected chi connectivity index (χ2v) is 7.31. The molecule has 1 aliphatic rings. The molecule has 1 heterocycles. The van der Waals surface area contributed by atoms with E-state index in [1.165, 1.54) is 0 Å². The first-order valence-corrected chi connectivity index (χ1v) is 10.9. The van der Waals surface area contributed by atoms with Crippen molar-refractivity contribution in [2.24, 2.45) is 0 Å². The van der Waals surface area contributed by atoms with Gasteiger partial charge in [0, 0.05) is 32.3 Å². The van der Waals surface area contributed by atoms with Crippen LogP contribution in [-0.2, 0) is 4.79 Å². The van der Waals surface area contributed by atoms with Crippen LogP contribution in [0.2, 0.25) is 0 Å². The number of hydrogen-bond acceptors (Lipinski definition) is 5. The smallest absolute Gasteiger partial charge is 0.246 e. The lowest BCUT2D eigenvalue weighted by atomic mass is 10.1. The van der Waals surface area contributed by atoms with Gasteiger partial charge in [-0.2, -0.15) is 0 Å². The van der Waals surface area contributed by atoms with Crippen molar-refractivity contribution in [2.75, 3.05) is 51.4 Å². The molecular weight excluding hydrogens is 392 g/mol. The third-order valence-corrected chi connectivity index (χ3v) is 5.16. The summed E-state index contributed by atoms with van der Waals surface area (Å²) >= 11 is 0. The van der Waals surface area contributed by atoms with Gasteiger partial charge in [0.25, 0.3) is 0 Å². The lowest BCUT2D eigenvalue weighted by Gasteiger charge is -2.36. The van der Waals surface area contributed by atoms with Crippen molar-refractivity contribution in [3.05, 3.63) is 54.1 Å². The molecule has 0 N–H and O–H groups in total. The van der Waals surface area contributed by atoms with E-state index in [-0.39, 0.29) is 5.91 Å². The second-order valence-electron chi connectivity index (χ2n) is 7.31. The summed E-state index contributed by atoms with van der Waals surface area (Å²) in [4.78, 5) is 16.8. The largest absolute Gasteiger partial charge is 0.493 e. The van der Waals surface area contributed by atoms with Crippen LogP contribution in [0, 0.1) is 0 Å². The van der Waals surface area contributed by atoms with Crippen LogP contribution < -0.4 is 19.1 Å². The fraction of sp³-hybridized carbons (Fsp3) is 0.400. The maximum absolute atomic E-state index is 12.7. The number of piperazine rings is 1. The number of methoxy groups -OCH3 is 1. The zero-order chi connectivity index (χ0) is 22.1. The topological polar surface area (TPSA) is 51.2 Å². The van der Waals surface area contributed by atoms with Gasteiger partial charge in [0.15, 0.2) is 11.5 Å². The number of amides is 1. The zero-order valence-corrected chi connectivity index (χ0v) is 18.7. The van der Waals surface area contributed by atoms with Gasteiger partial charge in [-0.25, -0.2) is 0 Å². The third-order valence-electron chi connectivity index (χ3n) is 5.16. The first-order valence-electron chi connectivity index (χ1n) is 10.9. The number of carbonyl (C=O) groups excluding carboxylic acids is 1. The molecule has 0 bridgehead atoms. The summed E-state index contributed by atoms with van der Waals surface area (Å²) in [6.07, 6.45) is 4.39. The summed E-state index contributed by atoms with van der Waals surface area (Å²) < 4.78 is 16.9. The average molecular weight is 425 g/mol. The molecule has 1 saturated heterocycles. The van der Waals surface area contributed by atoms with E-state index in [1.807, 2.05) is 54.3 Å². The fourth-order valence-electron chi connectivity index (χ4n) is 3.56. The molecule has 3 rings (SSSR count). The number of ether oxygens (including phenoxy) is 3. The van der Waals surface area contributed by atoms with Crippen molar-refractivity contribution in [2.45, 2.75) is 20.3 Å². The first-order chi connectivity index (χ1) is 15.2. The van der Waals surface area contributed by atoms with Crippen molar-refractivity contribution >= 4 is 17.7 Å². The predicted octanol–water partition coefficient (Wildman–Crippen LogP) is 4.24. The highest BCUT2D eigenvalue weighted by molar-refractivity contribution is 5.92. The summed E-state index contributed by atoms with van der Waals surface area (Å²) in [5.41, 5.74) is 1.99. The number of carbonyl (C=O) groups is 1. The number of rotatable bonds is 9. The van der Waals surface area contributed by atoms with Crippen LogP contribution in [0.1, 0.15) is 25.8 Å². The lowest BCUT2D eigenvalue weighted by Crippen LogP contribution is -2.48. The Kier molecular flexibility index (Phi) is 8.21. The summed E-state index contributed by atoms with van der Waals surface area (Å²) in [6.45, 7) is 8.24. The van der Waals surface area contributed by atoms with Gasteiger partial charge in [-0.15, -0.1) is 0 Å². The Labute approximate surface area is 185 Å². The van der Waals surface area contributed by atoms with E-state index in [9.17, 15) is 4.79 Å². The molecule has 6 heteroatoms. The van der Waals surface area contributed by atoms with Crippen molar-refractivity contribution in [3.63, 3.8) is 0 Å². The van der Waals surface area contributed by atoms with Gasteiger partial charge in [0.2, 0.25) is 5.91 Å². The van der Waals surface area contributed by atoms with E-state index < -0.39 is 0 Å². The van der Waals surface area contributed by atoms with Crippen LogP contribution in [0.3, 0.4) is 0 Å². The van der Waals surface area contributed by atoms with Crippen molar-refractivity contribution < 1.29 is 19.0 Å². The van der Waals surface area contributed by atoms with Crippen LogP contribution in [0.4, 0.5) is 5.69 Å². The molecule has 0 aromatic heterocycles. The Hall–Kier alpha value is -3.15. The minimum atomic E-state index is 0.0167. The van der Waals surface area contributed by atoms with Crippen LogP contribution in [0.5, 0.6) is 17.2 Å². The number of benzene rings is 2. The van der Waals surface area contributed by atoms with E-state index in [1.54, 1.807) is 13.2 Å². The Balaban J connectivity index is 1.58. The highest BCUT2D eigenvalue weighted by atomic mass is 16.5. The summed E-state index contributed by atoms with van der Waals surface area (Å²) in [6, 6.07) is 13.8. The van der Waals surface area contributed by atoms with Crippen LogP contribution in [-0.4, -0.2) is 57.3 Å². The number of nitrogens with zero attached hydrogens (tertiary/aromatic N) is 2. The predicted molar refractivity (Wildman–Crippen MR) is 124 cm³/mol. The molecule has 1 aliphatic heterocycles. The SMILES string of the molecule is CCCOc1ccc(/C=C/C(=O)N2CCN(c3ccccc3OCC)CC2)cc1OC. The average Bonchev–Trinajstić information content (AvgIpc) is 2.82. The molecule has 0 saturated carbocycles. The molecule has 166 valence electrons. The first kappa shape index (κ1) is 22.5. The molecule has 2 aromatic rings. The number of para-hydroxylation sites is 2. The van der Waals surface area contributed by atoms with Gasteiger partial charge in [0.05, 0.1) is 26.0 Å². The van der Waals surface area contributed by atoms with Gasteiger partial charge >= 0.3 is 0 Å². The number of anilines is 1. The molecule has 6 nitrogen and oxygen atoms in total. The quantitative estimate of drug-likeness (QED) is 0.564. The maximum Gasteiger partial charge on any atom is 0.246 e. The van der Waals surface area contributed by atoms with Gasteiger partial charge in [-0.1, -0.05) is 25.1 Å². The standard InChI is InChI=1S/C25H32N2O4/c1-4-18-31-23-12-10-20(19-24(23)29-3)11-13-25(28)27-16-14-26(15-17-27)21-8-6-7-9-22(21)30-5-2/h6-13,19H,4-5,14-18H2,1-3H3/b13-11+. The minimum Gasteiger partial charge on any atom is -0.493 e. The van der Waals surface area contributed by atoms with Crippen LogP contribution in [0.25, 0.3) is 6.08 Å². The Morgan fingerprint density at radius 1 is 0.968 bits per heavy atom. The summed E-state index contributed by atoms with van der Waals surface area (Å²) in [5, 5.41) is 0. The Bertz CT molecular complexity index is 889. The van der Waals surface area contributed by atoms with Gasteiger partial charge in [0.1, 0.15) is 5.75 Å². The molecular formula is C25H32N2O4. The molecule has 0 spiro atoms. The zero-order valence-electron chi connectivity index (χ0n) is 18.7. The molecule has 1 fully saturated rings. The highest BCUT2D eigenvalue weighted by Crippen LogP contribution is 2.30. The lowest BCUT2D eigenvalue weighted by molar-refractivity contribution is -0.126. The monoisotopic (exact) mass is 424 g/mol. The Morgan fingerprint density at radius 3 is 2.45 bits per heavy atom. The number of hydrogen-bond donors (Lipinski definition) is 0. The van der Waals surface area contributed by atoms with E-state index in [4.69, 9.17) is 14.2 Å². The van der Waals surface area contributed by atoms with Crippen molar-refractivity contribution in [3.8, 4) is 17.2 Å². The van der Waals surface area contributed by atoms with Gasteiger partial charge < -0.3 is 24.0 Å². The fourth-order valence-corrected chi connectivity index (χ4v) is 3.56. The van der Waals surface area contributed by atoms with Crippen LogP contribution >= 0.6 is 0 Å². The molecule has 1 amide bonds. The van der Waals surface area contributed by atoms with Crippen LogP contribution in [0.15, 0.2) is 48.5 Å². The van der Waals surface area contributed by atoms with E-state index in [0.29, 0.717) is 32.1 Å².